The fraction of sp³-hybridized carbons (Fsp3) is 0.286. The summed E-state index contributed by atoms with van der Waals surface area (Å²) in [4.78, 5) is 16.8. The van der Waals surface area contributed by atoms with E-state index in [0.717, 1.165) is 22.4 Å². The lowest BCUT2D eigenvalue weighted by Crippen LogP contribution is -2.37. The Labute approximate surface area is 158 Å². The van der Waals surface area contributed by atoms with Crippen molar-refractivity contribution in [3.8, 4) is 17.1 Å². The molecule has 0 aliphatic rings. The predicted octanol–water partition coefficient (Wildman–Crippen LogP) is 3.83. The van der Waals surface area contributed by atoms with E-state index < -0.39 is 6.10 Å². The molecule has 1 atom stereocenters. The summed E-state index contributed by atoms with van der Waals surface area (Å²) < 4.78 is 11.1. The molecule has 0 bridgehead atoms. The second-order valence-corrected chi connectivity index (χ2v) is 6.31. The molecule has 1 amide bonds. The van der Waals surface area contributed by atoms with Crippen LogP contribution in [0.25, 0.3) is 11.4 Å². The highest BCUT2D eigenvalue weighted by molar-refractivity contribution is 5.81. The Morgan fingerprint density at radius 1 is 1.15 bits per heavy atom. The van der Waals surface area contributed by atoms with Gasteiger partial charge in [0, 0.05) is 5.56 Å². The first-order valence-electron chi connectivity index (χ1n) is 8.97. The van der Waals surface area contributed by atoms with Crippen LogP contribution in [0.4, 0.5) is 0 Å². The Kier molecular flexibility index (Phi) is 5.86. The maximum atomic E-state index is 12.5. The lowest BCUT2D eigenvalue weighted by atomic mass is 10.1. The average molecular weight is 365 g/mol. The van der Waals surface area contributed by atoms with Crippen molar-refractivity contribution >= 4 is 5.91 Å². The van der Waals surface area contributed by atoms with Crippen LogP contribution in [0.2, 0.25) is 0 Å². The van der Waals surface area contributed by atoms with Crippen LogP contribution >= 0.6 is 0 Å². The summed E-state index contributed by atoms with van der Waals surface area (Å²) in [7, 11) is 0. The van der Waals surface area contributed by atoms with E-state index >= 15 is 0 Å². The van der Waals surface area contributed by atoms with Crippen molar-refractivity contribution in [2.75, 3.05) is 0 Å². The molecule has 3 aromatic rings. The highest BCUT2D eigenvalue weighted by Crippen LogP contribution is 2.22. The minimum Gasteiger partial charge on any atom is -0.480 e. The molecule has 0 unspecified atom stereocenters. The number of amides is 1. The molecule has 0 saturated heterocycles. The predicted molar refractivity (Wildman–Crippen MR) is 102 cm³/mol. The van der Waals surface area contributed by atoms with Crippen LogP contribution in [0.1, 0.15) is 30.4 Å². The maximum Gasteiger partial charge on any atom is 0.261 e. The van der Waals surface area contributed by atoms with E-state index in [1.807, 2.05) is 69.3 Å². The Morgan fingerprint density at radius 3 is 2.67 bits per heavy atom. The third kappa shape index (κ3) is 4.53. The van der Waals surface area contributed by atoms with Gasteiger partial charge in [-0.05, 0) is 37.5 Å². The number of carbonyl (C=O) groups excluding carboxylic acids is 1. The van der Waals surface area contributed by atoms with Crippen molar-refractivity contribution in [2.45, 2.75) is 39.8 Å². The number of benzene rings is 2. The minimum atomic E-state index is -0.581. The van der Waals surface area contributed by atoms with Crippen molar-refractivity contribution in [1.82, 2.24) is 15.5 Å². The Hall–Kier alpha value is -3.15. The molecule has 0 fully saturated rings. The van der Waals surface area contributed by atoms with Gasteiger partial charge < -0.3 is 14.6 Å². The topological polar surface area (TPSA) is 77.2 Å². The van der Waals surface area contributed by atoms with E-state index in [1.54, 1.807) is 0 Å². The summed E-state index contributed by atoms with van der Waals surface area (Å²) in [6.07, 6.45) is -0.0276. The van der Waals surface area contributed by atoms with E-state index in [4.69, 9.17) is 9.26 Å². The van der Waals surface area contributed by atoms with Gasteiger partial charge in [0.05, 0.1) is 6.54 Å². The van der Waals surface area contributed by atoms with E-state index in [9.17, 15) is 4.79 Å². The van der Waals surface area contributed by atoms with E-state index in [1.165, 1.54) is 0 Å². The zero-order valence-electron chi connectivity index (χ0n) is 15.7. The van der Waals surface area contributed by atoms with E-state index in [2.05, 4.69) is 15.5 Å². The summed E-state index contributed by atoms with van der Waals surface area (Å²) in [6.45, 7) is 6.07. The first kappa shape index (κ1) is 18.6. The second kappa shape index (κ2) is 8.49. The standard InChI is InChI=1S/C21H23N3O3/c1-4-17(26-18-12-8-9-14(2)15(18)3)21(25)22-13-19-23-20(24-27-19)16-10-6-5-7-11-16/h5-12,17H,4,13H2,1-3H3,(H,22,25)/t17-/m0/s1. The maximum absolute atomic E-state index is 12.5. The Balaban J connectivity index is 1.61. The number of rotatable bonds is 7. The molecule has 0 spiro atoms. The number of hydrogen-bond acceptors (Lipinski definition) is 5. The van der Waals surface area contributed by atoms with E-state index in [0.29, 0.717) is 18.1 Å². The molecule has 6 nitrogen and oxygen atoms in total. The molecule has 0 aliphatic heterocycles. The molecule has 6 heteroatoms. The number of carbonyl (C=O) groups is 1. The molecular formula is C21H23N3O3. The van der Waals surface area contributed by atoms with Gasteiger partial charge in [0.25, 0.3) is 5.91 Å². The fourth-order valence-electron chi connectivity index (χ4n) is 2.64. The number of hydrogen-bond donors (Lipinski definition) is 1. The van der Waals surface area contributed by atoms with Crippen LogP contribution < -0.4 is 10.1 Å². The van der Waals surface area contributed by atoms with Crippen molar-refractivity contribution in [3.63, 3.8) is 0 Å². The minimum absolute atomic E-state index is 0.158. The lowest BCUT2D eigenvalue weighted by molar-refractivity contribution is -0.128. The van der Waals surface area contributed by atoms with Crippen LogP contribution in [0.5, 0.6) is 5.75 Å². The molecule has 0 aliphatic carbocycles. The first-order valence-corrected chi connectivity index (χ1v) is 8.97. The van der Waals surface area contributed by atoms with Crippen LogP contribution in [0.3, 0.4) is 0 Å². The molecular weight excluding hydrogens is 342 g/mol. The third-order valence-corrected chi connectivity index (χ3v) is 4.40. The molecule has 27 heavy (non-hydrogen) atoms. The zero-order chi connectivity index (χ0) is 19.2. The van der Waals surface area contributed by atoms with Crippen LogP contribution in [0.15, 0.2) is 53.1 Å². The van der Waals surface area contributed by atoms with Crippen LogP contribution in [-0.4, -0.2) is 22.2 Å². The highest BCUT2D eigenvalue weighted by atomic mass is 16.5. The first-order chi connectivity index (χ1) is 13.1. The number of nitrogens with zero attached hydrogens (tertiary/aromatic N) is 2. The fourth-order valence-corrected chi connectivity index (χ4v) is 2.64. The van der Waals surface area contributed by atoms with Crippen molar-refractivity contribution in [2.24, 2.45) is 0 Å². The van der Waals surface area contributed by atoms with Crippen molar-refractivity contribution in [1.29, 1.82) is 0 Å². The molecule has 2 aromatic carbocycles. The van der Waals surface area contributed by atoms with Crippen molar-refractivity contribution in [3.05, 3.63) is 65.5 Å². The van der Waals surface area contributed by atoms with Gasteiger partial charge in [-0.2, -0.15) is 4.98 Å². The van der Waals surface area contributed by atoms with E-state index in [-0.39, 0.29) is 12.5 Å². The molecule has 0 radical (unpaired) electrons. The molecule has 140 valence electrons. The summed E-state index contributed by atoms with van der Waals surface area (Å²) in [6, 6.07) is 15.4. The molecule has 1 aromatic heterocycles. The Bertz CT molecular complexity index is 906. The van der Waals surface area contributed by atoms with Gasteiger partial charge in [-0.1, -0.05) is 54.5 Å². The second-order valence-electron chi connectivity index (χ2n) is 6.31. The van der Waals surface area contributed by atoms with Gasteiger partial charge in [-0.25, -0.2) is 0 Å². The van der Waals surface area contributed by atoms with Gasteiger partial charge in [-0.15, -0.1) is 0 Å². The summed E-state index contributed by atoms with van der Waals surface area (Å²) in [5.41, 5.74) is 3.03. The average Bonchev–Trinajstić information content (AvgIpc) is 3.17. The number of aromatic nitrogens is 2. The number of nitrogens with one attached hydrogen (secondary N) is 1. The molecule has 1 heterocycles. The number of ether oxygens (including phenoxy) is 1. The SMILES string of the molecule is CC[C@H](Oc1cccc(C)c1C)C(=O)NCc1nc(-c2ccccc2)no1. The highest BCUT2D eigenvalue weighted by Gasteiger charge is 2.20. The Morgan fingerprint density at radius 2 is 1.93 bits per heavy atom. The van der Waals surface area contributed by atoms with Gasteiger partial charge in [-0.3, -0.25) is 4.79 Å². The van der Waals surface area contributed by atoms with Crippen LogP contribution in [-0.2, 0) is 11.3 Å². The largest absolute Gasteiger partial charge is 0.480 e. The monoisotopic (exact) mass is 365 g/mol. The summed E-state index contributed by atoms with van der Waals surface area (Å²) in [5, 5.41) is 6.76. The molecule has 3 rings (SSSR count). The molecule has 0 saturated carbocycles. The smallest absolute Gasteiger partial charge is 0.261 e. The quantitative estimate of drug-likeness (QED) is 0.688. The summed E-state index contributed by atoms with van der Waals surface area (Å²) in [5.74, 6) is 1.36. The normalized spacial score (nSPS) is 11.8. The van der Waals surface area contributed by atoms with Crippen LogP contribution in [0, 0.1) is 13.8 Å². The number of aryl methyl sites for hydroxylation is 1. The van der Waals surface area contributed by atoms with Gasteiger partial charge in [0.1, 0.15) is 5.75 Å². The molecule has 1 N–H and O–H groups in total. The lowest BCUT2D eigenvalue weighted by Gasteiger charge is -2.18. The zero-order valence-corrected chi connectivity index (χ0v) is 15.7. The van der Waals surface area contributed by atoms with Crippen molar-refractivity contribution < 1.29 is 14.1 Å². The third-order valence-electron chi connectivity index (χ3n) is 4.40. The van der Waals surface area contributed by atoms with Gasteiger partial charge in [0.15, 0.2) is 6.10 Å². The summed E-state index contributed by atoms with van der Waals surface area (Å²) >= 11 is 0. The van der Waals surface area contributed by atoms with Gasteiger partial charge in [0.2, 0.25) is 11.7 Å². The van der Waals surface area contributed by atoms with Gasteiger partial charge >= 0.3 is 0 Å².